The Hall–Kier alpha value is -1.53. The molecule has 142 valence electrons. The number of hydrogen-bond acceptors (Lipinski definition) is 4. The molecule has 1 saturated carbocycles. The van der Waals surface area contributed by atoms with Crippen molar-refractivity contribution in [3.8, 4) is 17.0 Å². The first-order valence-corrected chi connectivity index (χ1v) is 7.97. The topological polar surface area (TPSA) is 76.8 Å². The fourth-order valence-electron chi connectivity index (χ4n) is 3.56. The lowest BCUT2D eigenvalue weighted by atomic mass is 9.90. The largest absolute Gasteiger partial charge is 0.495 e. The van der Waals surface area contributed by atoms with Crippen LogP contribution in [0.25, 0.3) is 22.2 Å². The highest BCUT2D eigenvalue weighted by atomic mass is 35.5. The Morgan fingerprint density at radius 1 is 1.04 bits per heavy atom. The highest BCUT2D eigenvalue weighted by Gasteiger charge is 2.31. The van der Waals surface area contributed by atoms with E-state index in [1.807, 2.05) is 24.4 Å². The number of aromatic amines is 1. The number of nitrogens with one attached hydrogen (secondary N) is 1. The number of benzene rings is 1. The third-order valence-electron chi connectivity index (χ3n) is 4.89. The molecule has 0 radical (unpaired) electrons. The molecule has 0 aliphatic heterocycles. The van der Waals surface area contributed by atoms with Gasteiger partial charge in [-0.2, -0.15) is 5.10 Å². The maximum Gasteiger partial charge on any atom is 0.139 e. The van der Waals surface area contributed by atoms with Crippen molar-refractivity contribution < 1.29 is 4.74 Å². The monoisotopic (exact) mass is 416 g/mol. The molecule has 26 heavy (non-hydrogen) atoms. The Morgan fingerprint density at radius 3 is 2.38 bits per heavy atom. The smallest absolute Gasteiger partial charge is 0.139 e. The van der Waals surface area contributed by atoms with Gasteiger partial charge in [-0.1, -0.05) is 18.9 Å². The Labute approximate surface area is 171 Å². The molecule has 1 aromatic carbocycles. The molecule has 3 N–H and O–H groups in total. The van der Waals surface area contributed by atoms with E-state index in [9.17, 15) is 0 Å². The molecule has 0 saturated heterocycles. The minimum absolute atomic E-state index is 0. The lowest BCUT2D eigenvalue weighted by molar-refractivity contribution is 0.421. The van der Waals surface area contributed by atoms with E-state index in [-0.39, 0.29) is 42.8 Å². The summed E-state index contributed by atoms with van der Waals surface area (Å²) in [6.45, 7) is 0. The first-order valence-electron chi connectivity index (χ1n) is 7.97. The van der Waals surface area contributed by atoms with Gasteiger partial charge in [0.05, 0.1) is 29.9 Å². The molecular formula is C18H23Cl3N4O. The average Bonchev–Trinajstić information content (AvgIpc) is 3.23. The molecule has 2 aromatic heterocycles. The lowest BCUT2D eigenvalue weighted by Crippen LogP contribution is -2.33. The van der Waals surface area contributed by atoms with E-state index in [1.54, 1.807) is 13.3 Å². The van der Waals surface area contributed by atoms with Gasteiger partial charge < -0.3 is 10.5 Å². The van der Waals surface area contributed by atoms with Gasteiger partial charge >= 0.3 is 0 Å². The van der Waals surface area contributed by atoms with E-state index in [2.05, 4.69) is 21.2 Å². The van der Waals surface area contributed by atoms with Gasteiger partial charge in [-0.3, -0.25) is 10.1 Å². The van der Waals surface area contributed by atoms with Crippen molar-refractivity contribution in [2.24, 2.45) is 5.73 Å². The third-order valence-corrected chi connectivity index (χ3v) is 4.89. The van der Waals surface area contributed by atoms with Gasteiger partial charge in [0.15, 0.2) is 0 Å². The number of pyridine rings is 1. The van der Waals surface area contributed by atoms with Gasteiger partial charge in [-0.15, -0.1) is 37.2 Å². The van der Waals surface area contributed by atoms with Crippen LogP contribution in [0, 0.1) is 0 Å². The summed E-state index contributed by atoms with van der Waals surface area (Å²) in [4.78, 5) is 4.65. The highest BCUT2D eigenvalue weighted by Crippen LogP contribution is 2.38. The summed E-state index contributed by atoms with van der Waals surface area (Å²) in [7, 11) is 1.67. The number of methoxy groups -OCH3 is 1. The molecule has 0 atom stereocenters. The second-order valence-corrected chi connectivity index (χ2v) is 6.27. The third kappa shape index (κ3) is 3.76. The van der Waals surface area contributed by atoms with Crippen molar-refractivity contribution in [1.29, 1.82) is 0 Å². The maximum atomic E-state index is 6.51. The molecule has 0 spiro atoms. The van der Waals surface area contributed by atoms with Crippen LogP contribution in [0.5, 0.6) is 5.75 Å². The minimum Gasteiger partial charge on any atom is -0.495 e. The SMILES string of the molecule is COc1c(-c2ccc(C3(N)CCCC3)cn2)ccc2[nH]ncc12.Cl.Cl.Cl. The summed E-state index contributed by atoms with van der Waals surface area (Å²) in [6, 6.07) is 8.14. The number of rotatable bonds is 3. The van der Waals surface area contributed by atoms with Crippen LogP contribution in [0.2, 0.25) is 0 Å². The quantitative estimate of drug-likeness (QED) is 0.651. The van der Waals surface area contributed by atoms with Gasteiger partial charge in [-0.05, 0) is 36.6 Å². The summed E-state index contributed by atoms with van der Waals surface area (Å²) < 4.78 is 5.60. The van der Waals surface area contributed by atoms with Gasteiger partial charge in [-0.25, -0.2) is 0 Å². The number of hydrogen-bond donors (Lipinski definition) is 2. The summed E-state index contributed by atoms with van der Waals surface area (Å²) in [5.41, 5.74) is 10.2. The zero-order valence-electron chi connectivity index (χ0n) is 14.4. The molecule has 4 rings (SSSR count). The number of aromatic nitrogens is 3. The molecule has 8 heteroatoms. The average molecular weight is 418 g/mol. The van der Waals surface area contributed by atoms with E-state index in [4.69, 9.17) is 10.5 Å². The molecular weight excluding hydrogens is 395 g/mol. The molecule has 1 fully saturated rings. The maximum absolute atomic E-state index is 6.51. The summed E-state index contributed by atoms with van der Waals surface area (Å²) in [6.07, 6.45) is 8.17. The summed E-state index contributed by atoms with van der Waals surface area (Å²) in [5, 5.41) is 8.00. The van der Waals surface area contributed by atoms with Crippen molar-refractivity contribution in [1.82, 2.24) is 15.2 Å². The van der Waals surface area contributed by atoms with Crippen molar-refractivity contribution in [3.05, 3.63) is 42.2 Å². The Morgan fingerprint density at radius 2 is 1.77 bits per heavy atom. The first-order chi connectivity index (χ1) is 11.2. The van der Waals surface area contributed by atoms with Crippen LogP contribution in [0.3, 0.4) is 0 Å². The number of ether oxygens (including phenoxy) is 1. The molecule has 1 aliphatic rings. The number of H-pyrrole nitrogens is 1. The molecule has 0 unspecified atom stereocenters. The number of nitrogens with two attached hydrogens (primary N) is 1. The van der Waals surface area contributed by atoms with E-state index < -0.39 is 0 Å². The van der Waals surface area contributed by atoms with E-state index in [1.165, 1.54) is 12.8 Å². The lowest BCUT2D eigenvalue weighted by Gasteiger charge is -2.23. The predicted molar refractivity (Wildman–Crippen MR) is 112 cm³/mol. The molecule has 1 aliphatic carbocycles. The van der Waals surface area contributed by atoms with Crippen LogP contribution in [-0.4, -0.2) is 22.3 Å². The Balaban J connectivity index is 0.00000113. The van der Waals surface area contributed by atoms with Crippen LogP contribution in [-0.2, 0) is 5.54 Å². The van der Waals surface area contributed by atoms with E-state index >= 15 is 0 Å². The summed E-state index contributed by atoms with van der Waals surface area (Å²) in [5.74, 6) is 0.792. The Bertz CT molecular complexity index is 845. The molecule has 2 heterocycles. The van der Waals surface area contributed by atoms with E-state index in [0.29, 0.717) is 0 Å². The van der Waals surface area contributed by atoms with Crippen molar-refractivity contribution >= 4 is 48.1 Å². The van der Waals surface area contributed by atoms with Crippen molar-refractivity contribution in [3.63, 3.8) is 0 Å². The van der Waals surface area contributed by atoms with Crippen LogP contribution in [0.1, 0.15) is 31.2 Å². The number of nitrogens with zero attached hydrogens (tertiary/aromatic N) is 2. The van der Waals surface area contributed by atoms with Crippen molar-refractivity contribution in [2.45, 2.75) is 31.2 Å². The number of fused-ring (bicyclic) bond motifs is 1. The van der Waals surface area contributed by atoms with Crippen LogP contribution in [0.15, 0.2) is 36.7 Å². The fourth-order valence-corrected chi connectivity index (χ4v) is 3.56. The standard InChI is InChI=1S/C18H20N4O.3ClH/c1-23-17-13(5-7-16-14(17)11-21-22-16)15-6-4-12(10-20-15)18(19)8-2-3-9-18;;;/h4-7,10-11H,2-3,8-9,19H2,1H3,(H,21,22);3*1H. The van der Waals surface area contributed by atoms with Crippen LogP contribution in [0.4, 0.5) is 0 Å². The Kier molecular flexibility index (Phi) is 7.71. The van der Waals surface area contributed by atoms with E-state index in [0.717, 1.165) is 46.3 Å². The summed E-state index contributed by atoms with van der Waals surface area (Å²) >= 11 is 0. The second-order valence-electron chi connectivity index (χ2n) is 6.27. The van der Waals surface area contributed by atoms with Crippen LogP contribution >= 0.6 is 37.2 Å². The van der Waals surface area contributed by atoms with Gasteiger partial charge in [0, 0.05) is 17.3 Å². The van der Waals surface area contributed by atoms with Crippen LogP contribution < -0.4 is 10.5 Å². The highest BCUT2D eigenvalue weighted by molar-refractivity contribution is 5.92. The second kappa shape index (κ2) is 8.91. The number of halogens is 3. The molecule has 5 nitrogen and oxygen atoms in total. The first kappa shape index (κ1) is 22.5. The zero-order valence-corrected chi connectivity index (χ0v) is 16.8. The fraction of sp³-hybridized carbons (Fsp3) is 0.333. The molecule has 0 amide bonds. The van der Waals surface area contributed by atoms with Gasteiger partial charge in [0.2, 0.25) is 0 Å². The van der Waals surface area contributed by atoms with Gasteiger partial charge in [0.1, 0.15) is 5.75 Å². The van der Waals surface area contributed by atoms with Crippen molar-refractivity contribution in [2.75, 3.05) is 7.11 Å². The van der Waals surface area contributed by atoms with Gasteiger partial charge in [0.25, 0.3) is 0 Å². The molecule has 0 bridgehead atoms. The minimum atomic E-state index is -0.204. The molecule has 3 aromatic rings. The predicted octanol–water partition coefficient (Wildman–Crippen LogP) is 4.63. The normalized spacial score (nSPS) is 14.8. The zero-order chi connectivity index (χ0) is 15.9.